The van der Waals surface area contributed by atoms with Crippen LogP contribution in [0.15, 0.2) is 24.5 Å². The minimum atomic E-state index is -0.288. The molecule has 0 saturated heterocycles. The van der Waals surface area contributed by atoms with E-state index in [2.05, 4.69) is 9.55 Å². The number of nitrogen functional groups attached to an aromatic ring is 1. The van der Waals surface area contributed by atoms with Crippen molar-refractivity contribution in [3.05, 3.63) is 47.3 Å². The van der Waals surface area contributed by atoms with Gasteiger partial charge < -0.3 is 10.3 Å². The standard InChI is InChI=1S/C14H16FN3/c15-11-6-5-10(12(16)7-11)8-18-9-17-13-3-1-2-4-14(13)18/h5-7,9H,1-4,8,16H2. The molecule has 0 amide bonds. The third kappa shape index (κ3) is 1.98. The first-order chi connectivity index (χ1) is 8.74. The smallest absolute Gasteiger partial charge is 0.125 e. The van der Waals surface area contributed by atoms with Gasteiger partial charge in [0.15, 0.2) is 0 Å². The van der Waals surface area contributed by atoms with Gasteiger partial charge in [-0.1, -0.05) is 6.07 Å². The maximum absolute atomic E-state index is 13.0. The van der Waals surface area contributed by atoms with Gasteiger partial charge in [-0.05, 0) is 43.4 Å². The molecule has 3 nitrogen and oxygen atoms in total. The highest BCUT2D eigenvalue weighted by molar-refractivity contribution is 5.47. The van der Waals surface area contributed by atoms with Crippen molar-refractivity contribution in [1.82, 2.24) is 9.55 Å². The molecule has 18 heavy (non-hydrogen) atoms. The van der Waals surface area contributed by atoms with E-state index in [4.69, 9.17) is 5.73 Å². The molecule has 0 bridgehead atoms. The molecule has 0 atom stereocenters. The average molecular weight is 245 g/mol. The van der Waals surface area contributed by atoms with E-state index in [1.807, 2.05) is 6.33 Å². The second-order valence-electron chi connectivity index (χ2n) is 4.82. The average Bonchev–Trinajstić information content (AvgIpc) is 2.76. The molecule has 0 aliphatic heterocycles. The molecule has 1 heterocycles. The Morgan fingerprint density at radius 3 is 2.94 bits per heavy atom. The third-order valence-corrected chi connectivity index (χ3v) is 3.56. The Hall–Kier alpha value is -1.84. The Morgan fingerprint density at radius 1 is 1.28 bits per heavy atom. The maximum atomic E-state index is 13.0. The summed E-state index contributed by atoms with van der Waals surface area (Å²) in [6.07, 6.45) is 6.47. The van der Waals surface area contributed by atoms with Crippen LogP contribution >= 0.6 is 0 Å². The van der Waals surface area contributed by atoms with E-state index in [1.54, 1.807) is 6.07 Å². The summed E-state index contributed by atoms with van der Waals surface area (Å²) >= 11 is 0. The van der Waals surface area contributed by atoms with E-state index in [0.717, 1.165) is 18.4 Å². The van der Waals surface area contributed by atoms with Crippen LogP contribution in [0.1, 0.15) is 29.8 Å². The van der Waals surface area contributed by atoms with E-state index in [9.17, 15) is 4.39 Å². The minimum Gasteiger partial charge on any atom is -0.398 e. The van der Waals surface area contributed by atoms with Crippen LogP contribution in [-0.2, 0) is 19.4 Å². The lowest BCUT2D eigenvalue weighted by Gasteiger charge is -2.14. The molecule has 0 spiro atoms. The van der Waals surface area contributed by atoms with Gasteiger partial charge in [0.1, 0.15) is 5.82 Å². The van der Waals surface area contributed by atoms with Crippen LogP contribution in [0.25, 0.3) is 0 Å². The van der Waals surface area contributed by atoms with Crippen molar-refractivity contribution in [3.8, 4) is 0 Å². The van der Waals surface area contributed by atoms with Crippen LogP contribution in [0, 0.1) is 5.82 Å². The number of anilines is 1. The number of rotatable bonds is 2. The van der Waals surface area contributed by atoms with E-state index < -0.39 is 0 Å². The van der Waals surface area contributed by atoms with Gasteiger partial charge in [0.05, 0.1) is 18.6 Å². The molecule has 2 N–H and O–H groups in total. The molecular weight excluding hydrogens is 229 g/mol. The molecule has 0 saturated carbocycles. The van der Waals surface area contributed by atoms with Gasteiger partial charge in [-0.25, -0.2) is 9.37 Å². The number of fused-ring (bicyclic) bond motifs is 1. The SMILES string of the molecule is Nc1cc(F)ccc1Cn1cnc2c1CCCC2. The Labute approximate surface area is 105 Å². The number of aromatic nitrogens is 2. The van der Waals surface area contributed by atoms with Crippen molar-refractivity contribution in [2.24, 2.45) is 0 Å². The lowest BCUT2D eigenvalue weighted by Crippen LogP contribution is -2.10. The van der Waals surface area contributed by atoms with Crippen molar-refractivity contribution in [1.29, 1.82) is 0 Å². The van der Waals surface area contributed by atoms with Crippen LogP contribution in [0.2, 0.25) is 0 Å². The molecule has 2 aromatic rings. The highest BCUT2D eigenvalue weighted by Crippen LogP contribution is 2.22. The zero-order valence-electron chi connectivity index (χ0n) is 10.2. The molecule has 1 aromatic carbocycles. The number of nitrogens with two attached hydrogens (primary N) is 1. The molecule has 1 aliphatic rings. The van der Waals surface area contributed by atoms with Gasteiger partial charge in [-0.2, -0.15) is 0 Å². The summed E-state index contributed by atoms with van der Waals surface area (Å²) in [5, 5.41) is 0. The van der Waals surface area contributed by atoms with Crippen molar-refractivity contribution in [3.63, 3.8) is 0 Å². The summed E-state index contributed by atoms with van der Waals surface area (Å²) in [7, 11) is 0. The Kier molecular flexibility index (Phi) is 2.78. The first-order valence-electron chi connectivity index (χ1n) is 6.31. The number of benzene rings is 1. The second kappa shape index (κ2) is 4.44. The van der Waals surface area contributed by atoms with Crippen molar-refractivity contribution >= 4 is 5.69 Å². The lowest BCUT2D eigenvalue weighted by molar-refractivity contribution is 0.621. The Bertz CT molecular complexity index is 574. The van der Waals surface area contributed by atoms with Crippen LogP contribution in [0.5, 0.6) is 0 Å². The predicted molar refractivity (Wildman–Crippen MR) is 68.8 cm³/mol. The van der Waals surface area contributed by atoms with Gasteiger partial charge in [-0.15, -0.1) is 0 Å². The predicted octanol–water partition coefficient (Wildman–Crippen LogP) is 2.53. The van der Waals surface area contributed by atoms with Crippen molar-refractivity contribution < 1.29 is 4.39 Å². The van der Waals surface area contributed by atoms with Crippen LogP contribution in [-0.4, -0.2) is 9.55 Å². The quantitative estimate of drug-likeness (QED) is 0.826. The van der Waals surface area contributed by atoms with E-state index in [1.165, 1.54) is 36.4 Å². The minimum absolute atomic E-state index is 0.288. The monoisotopic (exact) mass is 245 g/mol. The number of hydrogen-bond acceptors (Lipinski definition) is 2. The highest BCUT2D eigenvalue weighted by atomic mass is 19.1. The molecule has 94 valence electrons. The van der Waals surface area contributed by atoms with E-state index >= 15 is 0 Å². The van der Waals surface area contributed by atoms with Crippen molar-refractivity contribution in [2.45, 2.75) is 32.2 Å². The van der Waals surface area contributed by atoms with E-state index in [0.29, 0.717) is 12.2 Å². The van der Waals surface area contributed by atoms with Gasteiger partial charge in [-0.3, -0.25) is 0 Å². The Balaban J connectivity index is 1.90. The summed E-state index contributed by atoms with van der Waals surface area (Å²) in [4.78, 5) is 4.45. The summed E-state index contributed by atoms with van der Waals surface area (Å²) in [5.74, 6) is -0.288. The highest BCUT2D eigenvalue weighted by Gasteiger charge is 2.15. The third-order valence-electron chi connectivity index (χ3n) is 3.56. The van der Waals surface area contributed by atoms with Crippen molar-refractivity contribution in [2.75, 3.05) is 5.73 Å². The summed E-state index contributed by atoms with van der Waals surface area (Å²) in [6, 6.07) is 4.58. The largest absolute Gasteiger partial charge is 0.398 e. The van der Waals surface area contributed by atoms with Crippen LogP contribution < -0.4 is 5.73 Å². The number of halogens is 1. The zero-order chi connectivity index (χ0) is 12.5. The van der Waals surface area contributed by atoms with Gasteiger partial charge in [0.25, 0.3) is 0 Å². The molecule has 3 rings (SSSR count). The number of hydrogen-bond donors (Lipinski definition) is 1. The molecule has 0 unspecified atom stereocenters. The zero-order valence-corrected chi connectivity index (χ0v) is 10.2. The fourth-order valence-corrected chi connectivity index (χ4v) is 2.56. The van der Waals surface area contributed by atoms with Crippen LogP contribution in [0.3, 0.4) is 0 Å². The second-order valence-corrected chi connectivity index (χ2v) is 4.82. The molecular formula is C14H16FN3. The number of aryl methyl sites for hydroxylation is 1. The topological polar surface area (TPSA) is 43.8 Å². The number of nitrogens with zero attached hydrogens (tertiary/aromatic N) is 2. The molecule has 1 aromatic heterocycles. The Morgan fingerprint density at radius 2 is 2.11 bits per heavy atom. The first-order valence-corrected chi connectivity index (χ1v) is 6.31. The van der Waals surface area contributed by atoms with Crippen LogP contribution in [0.4, 0.5) is 10.1 Å². The number of imidazole rings is 1. The molecule has 0 fully saturated rings. The summed E-state index contributed by atoms with van der Waals surface area (Å²) in [6.45, 7) is 0.675. The van der Waals surface area contributed by atoms with Gasteiger partial charge in [0.2, 0.25) is 0 Å². The maximum Gasteiger partial charge on any atom is 0.125 e. The molecule has 1 aliphatic carbocycles. The first kappa shape index (κ1) is 11.3. The van der Waals surface area contributed by atoms with Gasteiger partial charge in [0, 0.05) is 11.4 Å². The normalized spacial score (nSPS) is 14.5. The molecule has 0 radical (unpaired) electrons. The lowest BCUT2D eigenvalue weighted by atomic mass is 10.0. The fourth-order valence-electron chi connectivity index (χ4n) is 2.56. The van der Waals surface area contributed by atoms with Gasteiger partial charge >= 0.3 is 0 Å². The van der Waals surface area contributed by atoms with E-state index in [-0.39, 0.29) is 5.82 Å². The summed E-state index contributed by atoms with van der Waals surface area (Å²) in [5.41, 5.74) is 9.81. The fraction of sp³-hybridized carbons (Fsp3) is 0.357. The summed E-state index contributed by atoms with van der Waals surface area (Å²) < 4.78 is 15.1. The molecule has 4 heteroatoms.